The largest absolute Gasteiger partial charge is 0.454 e. The van der Waals surface area contributed by atoms with Crippen LogP contribution >= 0.6 is 0 Å². The molecular formula is C20H20O6. The van der Waals surface area contributed by atoms with Gasteiger partial charge < -0.3 is 28.4 Å². The van der Waals surface area contributed by atoms with Gasteiger partial charge in [-0.1, -0.05) is 18.2 Å². The van der Waals surface area contributed by atoms with E-state index in [1.165, 1.54) is 5.57 Å². The van der Waals surface area contributed by atoms with E-state index in [4.69, 9.17) is 28.4 Å². The molecule has 4 aliphatic heterocycles. The number of ether oxygens (including phenoxy) is 6. The topological polar surface area (TPSA) is 55.4 Å². The summed E-state index contributed by atoms with van der Waals surface area (Å²) in [5.41, 5.74) is 2.31. The summed E-state index contributed by atoms with van der Waals surface area (Å²) in [4.78, 5) is 0. The van der Waals surface area contributed by atoms with Crippen LogP contribution in [0.3, 0.4) is 0 Å². The van der Waals surface area contributed by atoms with Crippen LogP contribution in [0, 0.1) is 11.8 Å². The minimum absolute atomic E-state index is 0.00429. The van der Waals surface area contributed by atoms with E-state index in [0.29, 0.717) is 31.8 Å². The maximum absolute atomic E-state index is 6.20. The maximum atomic E-state index is 6.20. The molecule has 0 bridgehead atoms. The summed E-state index contributed by atoms with van der Waals surface area (Å²) in [7, 11) is 0. The van der Waals surface area contributed by atoms with E-state index >= 15 is 0 Å². The zero-order valence-electron chi connectivity index (χ0n) is 14.2. The Bertz CT molecular complexity index is 787. The lowest BCUT2D eigenvalue weighted by Crippen LogP contribution is -2.27. The second-order valence-electron chi connectivity index (χ2n) is 7.35. The van der Waals surface area contributed by atoms with Crippen molar-refractivity contribution in [3.63, 3.8) is 0 Å². The molecule has 0 spiro atoms. The Kier molecular flexibility index (Phi) is 3.41. The zero-order chi connectivity index (χ0) is 17.1. The first-order valence-electron chi connectivity index (χ1n) is 9.13. The Hall–Kier alpha value is -1.86. The quantitative estimate of drug-likeness (QED) is 0.811. The molecule has 26 heavy (non-hydrogen) atoms. The normalized spacial score (nSPS) is 39.8. The van der Waals surface area contributed by atoms with Crippen LogP contribution in [0.15, 0.2) is 42.0 Å². The van der Waals surface area contributed by atoms with E-state index in [0.717, 1.165) is 17.1 Å². The van der Waals surface area contributed by atoms with Crippen LogP contribution in [0.1, 0.15) is 11.7 Å². The van der Waals surface area contributed by atoms with Crippen LogP contribution in [0.2, 0.25) is 0 Å². The first-order chi connectivity index (χ1) is 12.9. The second-order valence-corrected chi connectivity index (χ2v) is 7.35. The summed E-state index contributed by atoms with van der Waals surface area (Å²) in [5.74, 6) is 2.29. The fraction of sp³-hybridized carbons (Fsp3) is 0.500. The summed E-state index contributed by atoms with van der Waals surface area (Å²) in [5, 5.41) is 0. The van der Waals surface area contributed by atoms with E-state index in [1.807, 2.05) is 12.1 Å². The SMILES string of the molecule is C1=CC2OCOC2C=C1[C@H]1OC[C@H]2[C@@H]1CO[C@@H]2c1ccc2c(c1)OCO2. The van der Waals surface area contributed by atoms with Gasteiger partial charge in [0.2, 0.25) is 6.79 Å². The van der Waals surface area contributed by atoms with Gasteiger partial charge >= 0.3 is 0 Å². The van der Waals surface area contributed by atoms with Gasteiger partial charge in [-0.05, 0) is 29.3 Å². The van der Waals surface area contributed by atoms with Crippen molar-refractivity contribution < 1.29 is 28.4 Å². The van der Waals surface area contributed by atoms with E-state index in [1.54, 1.807) is 0 Å². The molecule has 1 aromatic carbocycles. The van der Waals surface area contributed by atoms with E-state index in [-0.39, 0.29) is 31.2 Å². The lowest BCUT2D eigenvalue weighted by molar-refractivity contribution is 0.0310. The molecule has 6 nitrogen and oxygen atoms in total. The van der Waals surface area contributed by atoms with Crippen molar-refractivity contribution in [1.29, 1.82) is 0 Å². The fourth-order valence-electron chi connectivity index (χ4n) is 4.66. The molecule has 6 rings (SSSR count). The van der Waals surface area contributed by atoms with Gasteiger partial charge in [0.25, 0.3) is 0 Å². The molecule has 0 amide bonds. The van der Waals surface area contributed by atoms with Gasteiger partial charge in [0.05, 0.1) is 25.4 Å². The molecule has 0 saturated carbocycles. The van der Waals surface area contributed by atoms with Gasteiger partial charge in [0.15, 0.2) is 11.5 Å². The number of hydrogen-bond acceptors (Lipinski definition) is 6. The summed E-state index contributed by atoms with van der Waals surface area (Å²) >= 11 is 0. The van der Waals surface area contributed by atoms with Crippen LogP contribution in [0.4, 0.5) is 0 Å². The predicted octanol–water partition coefficient (Wildman–Crippen LogP) is 2.36. The van der Waals surface area contributed by atoms with Gasteiger partial charge in [-0.3, -0.25) is 0 Å². The highest BCUT2D eigenvalue weighted by atomic mass is 16.7. The van der Waals surface area contributed by atoms with E-state index < -0.39 is 0 Å². The van der Waals surface area contributed by atoms with Crippen molar-refractivity contribution >= 4 is 0 Å². The molecule has 0 radical (unpaired) electrons. The zero-order valence-corrected chi connectivity index (χ0v) is 14.2. The molecule has 3 saturated heterocycles. The number of rotatable bonds is 2. The average molecular weight is 356 g/mol. The molecule has 0 N–H and O–H groups in total. The first kappa shape index (κ1) is 15.2. The Morgan fingerprint density at radius 2 is 1.58 bits per heavy atom. The Balaban J connectivity index is 1.24. The minimum atomic E-state index is 0.00429. The summed E-state index contributed by atoms with van der Waals surface area (Å²) in [6.45, 7) is 2.04. The molecule has 5 aliphatic rings. The molecule has 0 aromatic heterocycles. The lowest BCUT2D eigenvalue weighted by atomic mass is 9.83. The predicted molar refractivity (Wildman–Crippen MR) is 89.8 cm³/mol. The highest BCUT2D eigenvalue weighted by Gasteiger charge is 2.49. The van der Waals surface area contributed by atoms with Crippen LogP contribution in [0.5, 0.6) is 11.5 Å². The van der Waals surface area contributed by atoms with Crippen molar-refractivity contribution in [2.75, 3.05) is 26.8 Å². The molecular weight excluding hydrogens is 336 g/mol. The molecule has 4 heterocycles. The Morgan fingerprint density at radius 1 is 0.769 bits per heavy atom. The Labute approximate surface area is 151 Å². The third kappa shape index (κ3) is 2.26. The van der Waals surface area contributed by atoms with Crippen molar-refractivity contribution in [1.82, 2.24) is 0 Å². The maximum Gasteiger partial charge on any atom is 0.231 e. The van der Waals surface area contributed by atoms with Crippen molar-refractivity contribution in [2.45, 2.75) is 24.4 Å². The molecule has 6 heteroatoms. The lowest BCUT2D eigenvalue weighted by Gasteiger charge is -2.23. The van der Waals surface area contributed by atoms with Crippen molar-refractivity contribution in [3.05, 3.63) is 47.6 Å². The summed E-state index contributed by atoms with van der Waals surface area (Å²) in [6.07, 6.45) is 6.48. The van der Waals surface area contributed by atoms with Gasteiger partial charge in [-0.25, -0.2) is 0 Å². The van der Waals surface area contributed by atoms with E-state index in [2.05, 4.69) is 24.3 Å². The van der Waals surface area contributed by atoms with Gasteiger partial charge in [0, 0.05) is 11.8 Å². The Morgan fingerprint density at radius 3 is 2.54 bits per heavy atom. The summed E-state index contributed by atoms with van der Waals surface area (Å²) < 4.78 is 34.5. The highest BCUT2D eigenvalue weighted by molar-refractivity contribution is 5.45. The second kappa shape index (κ2) is 5.82. The average Bonchev–Trinajstić information content (AvgIpc) is 3.42. The van der Waals surface area contributed by atoms with Gasteiger partial charge in [-0.15, -0.1) is 0 Å². The van der Waals surface area contributed by atoms with Gasteiger partial charge in [-0.2, -0.15) is 0 Å². The molecule has 6 atom stereocenters. The van der Waals surface area contributed by atoms with Crippen LogP contribution in [-0.4, -0.2) is 45.1 Å². The van der Waals surface area contributed by atoms with Crippen LogP contribution in [-0.2, 0) is 18.9 Å². The third-order valence-electron chi connectivity index (χ3n) is 6.00. The molecule has 2 unspecified atom stereocenters. The molecule has 1 aromatic rings. The van der Waals surface area contributed by atoms with Crippen LogP contribution < -0.4 is 9.47 Å². The number of benzene rings is 1. The minimum Gasteiger partial charge on any atom is -0.454 e. The smallest absolute Gasteiger partial charge is 0.231 e. The fourth-order valence-corrected chi connectivity index (χ4v) is 4.66. The van der Waals surface area contributed by atoms with Gasteiger partial charge in [0.1, 0.15) is 19.0 Å². The molecule has 136 valence electrons. The first-order valence-corrected chi connectivity index (χ1v) is 9.13. The highest BCUT2D eigenvalue weighted by Crippen LogP contribution is 2.48. The summed E-state index contributed by atoms with van der Waals surface area (Å²) in [6, 6.07) is 6.07. The number of fused-ring (bicyclic) bond motifs is 3. The van der Waals surface area contributed by atoms with Crippen LogP contribution in [0.25, 0.3) is 0 Å². The van der Waals surface area contributed by atoms with Crippen molar-refractivity contribution in [2.24, 2.45) is 11.8 Å². The van der Waals surface area contributed by atoms with Crippen molar-refractivity contribution in [3.8, 4) is 11.5 Å². The molecule has 3 fully saturated rings. The molecule has 1 aliphatic carbocycles. The van der Waals surface area contributed by atoms with E-state index in [9.17, 15) is 0 Å². The number of hydrogen-bond donors (Lipinski definition) is 0. The monoisotopic (exact) mass is 356 g/mol. The standard InChI is InChI=1S/C20H20O6/c1-3-15-17(25-9-23-15)5-11(1)19-13-7-22-20(14(13)8-21-19)12-2-4-16-18(6-12)26-10-24-16/h1-6,13-15,17,19-20H,7-10H2/t13-,14-,15?,17?,19+,20+/m0/s1. The third-order valence-corrected chi connectivity index (χ3v) is 6.00.